The SMILES string of the molecule is NCCCCCC(=O)N[C@@H](CS)C(=O)NC[C@H](N)Cc1ccccc1. The monoisotopic (exact) mass is 366 g/mol. The van der Waals surface area contributed by atoms with Crippen LogP contribution >= 0.6 is 12.6 Å². The number of carbonyl (C=O) groups excluding carboxylic acids is 2. The maximum atomic E-state index is 12.2. The number of carbonyl (C=O) groups is 2. The first-order valence-corrected chi connectivity index (χ1v) is 9.37. The minimum absolute atomic E-state index is 0.139. The summed E-state index contributed by atoms with van der Waals surface area (Å²) < 4.78 is 0. The molecule has 0 heterocycles. The Morgan fingerprint density at radius 2 is 1.84 bits per heavy atom. The van der Waals surface area contributed by atoms with Crippen molar-refractivity contribution in [2.45, 2.75) is 44.2 Å². The molecule has 140 valence electrons. The van der Waals surface area contributed by atoms with Gasteiger partial charge in [0.1, 0.15) is 6.04 Å². The highest BCUT2D eigenvalue weighted by atomic mass is 32.1. The van der Waals surface area contributed by atoms with Crippen LogP contribution in [0, 0.1) is 0 Å². The molecule has 1 rings (SSSR count). The average molecular weight is 367 g/mol. The Balaban J connectivity index is 2.31. The fourth-order valence-electron chi connectivity index (χ4n) is 2.41. The molecule has 0 unspecified atom stereocenters. The van der Waals surface area contributed by atoms with Gasteiger partial charge in [-0.3, -0.25) is 9.59 Å². The lowest BCUT2D eigenvalue weighted by Crippen LogP contribution is -2.50. The van der Waals surface area contributed by atoms with E-state index in [0.29, 0.717) is 25.9 Å². The molecule has 0 aromatic heterocycles. The molecule has 2 amide bonds. The van der Waals surface area contributed by atoms with Crippen molar-refractivity contribution in [3.05, 3.63) is 35.9 Å². The maximum absolute atomic E-state index is 12.2. The number of hydrogen-bond acceptors (Lipinski definition) is 5. The molecule has 0 saturated carbocycles. The van der Waals surface area contributed by atoms with Crippen LogP contribution < -0.4 is 22.1 Å². The van der Waals surface area contributed by atoms with Gasteiger partial charge >= 0.3 is 0 Å². The molecule has 25 heavy (non-hydrogen) atoms. The third-order valence-electron chi connectivity index (χ3n) is 3.82. The van der Waals surface area contributed by atoms with E-state index in [9.17, 15) is 9.59 Å². The molecule has 0 radical (unpaired) electrons. The molecule has 0 aliphatic carbocycles. The highest BCUT2D eigenvalue weighted by Gasteiger charge is 2.19. The van der Waals surface area contributed by atoms with E-state index < -0.39 is 6.04 Å². The second-order valence-electron chi connectivity index (χ2n) is 6.10. The first-order valence-electron chi connectivity index (χ1n) is 8.74. The standard InChI is InChI=1S/C18H30N4O2S/c19-10-6-2-5-9-17(23)22-16(13-25)18(24)21-12-15(20)11-14-7-3-1-4-8-14/h1,3-4,7-8,15-16,25H,2,5-6,9-13,19-20H2,(H,21,24)(H,22,23)/t15-,16+/m1/s1. The number of unbranched alkanes of at least 4 members (excludes halogenated alkanes) is 2. The zero-order chi connectivity index (χ0) is 18.5. The number of benzene rings is 1. The summed E-state index contributed by atoms with van der Waals surface area (Å²) in [5.41, 5.74) is 12.6. The van der Waals surface area contributed by atoms with Crippen molar-refractivity contribution in [3.63, 3.8) is 0 Å². The molecule has 0 spiro atoms. The summed E-state index contributed by atoms with van der Waals surface area (Å²) in [6, 6.07) is 9.05. The second kappa shape index (κ2) is 12.7. The van der Waals surface area contributed by atoms with Crippen molar-refractivity contribution in [2.75, 3.05) is 18.8 Å². The molecule has 0 bridgehead atoms. The topological polar surface area (TPSA) is 110 Å². The Labute approximate surface area is 155 Å². The highest BCUT2D eigenvalue weighted by Crippen LogP contribution is 2.02. The number of thiol groups is 1. The number of nitrogens with one attached hydrogen (secondary N) is 2. The van der Waals surface area contributed by atoms with Crippen LogP contribution in [0.2, 0.25) is 0 Å². The molecule has 7 heteroatoms. The maximum Gasteiger partial charge on any atom is 0.243 e. The molecule has 6 nitrogen and oxygen atoms in total. The van der Waals surface area contributed by atoms with Gasteiger partial charge in [-0.05, 0) is 31.4 Å². The summed E-state index contributed by atoms with van der Waals surface area (Å²) in [7, 11) is 0. The molecule has 1 aromatic carbocycles. The van der Waals surface area contributed by atoms with Crippen LogP contribution in [-0.4, -0.2) is 42.7 Å². The summed E-state index contributed by atoms with van der Waals surface area (Å²) in [5.74, 6) is -0.150. The number of hydrogen-bond donors (Lipinski definition) is 5. The summed E-state index contributed by atoms with van der Waals surface area (Å²) in [4.78, 5) is 24.1. The van der Waals surface area contributed by atoms with E-state index in [0.717, 1.165) is 24.8 Å². The van der Waals surface area contributed by atoms with Crippen molar-refractivity contribution >= 4 is 24.4 Å². The Morgan fingerprint density at radius 3 is 2.48 bits per heavy atom. The molecule has 0 fully saturated rings. The van der Waals surface area contributed by atoms with Gasteiger partial charge in [-0.25, -0.2) is 0 Å². The van der Waals surface area contributed by atoms with Crippen LogP contribution in [0.3, 0.4) is 0 Å². The highest BCUT2D eigenvalue weighted by molar-refractivity contribution is 7.80. The third kappa shape index (κ3) is 9.48. The van der Waals surface area contributed by atoms with Crippen molar-refractivity contribution in [2.24, 2.45) is 11.5 Å². The number of rotatable bonds is 12. The Kier molecular flexibility index (Phi) is 10.9. The van der Waals surface area contributed by atoms with Gasteiger partial charge in [0, 0.05) is 24.8 Å². The molecule has 0 aliphatic heterocycles. The van der Waals surface area contributed by atoms with Crippen LogP contribution in [0.15, 0.2) is 30.3 Å². The van der Waals surface area contributed by atoms with Crippen LogP contribution in [0.4, 0.5) is 0 Å². The van der Waals surface area contributed by atoms with E-state index >= 15 is 0 Å². The third-order valence-corrected chi connectivity index (χ3v) is 4.19. The van der Waals surface area contributed by atoms with Gasteiger partial charge in [-0.15, -0.1) is 0 Å². The van der Waals surface area contributed by atoms with Gasteiger partial charge in [0.15, 0.2) is 0 Å². The molecule has 0 aliphatic rings. The van der Waals surface area contributed by atoms with Crippen LogP contribution in [0.1, 0.15) is 31.2 Å². The van der Waals surface area contributed by atoms with Gasteiger partial charge in [0.2, 0.25) is 11.8 Å². The van der Waals surface area contributed by atoms with E-state index in [4.69, 9.17) is 11.5 Å². The van der Waals surface area contributed by atoms with E-state index in [1.165, 1.54) is 0 Å². The fraction of sp³-hybridized carbons (Fsp3) is 0.556. The minimum atomic E-state index is -0.644. The lowest BCUT2D eigenvalue weighted by Gasteiger charge is -2.18. The average Bonchev–Trinajstić information content (AvgIpc) is 2.62. The van der Waals surface area contributed by atoms with Gasteiger partial charge in [0.05, 0.1) is 0 Å². The predicted octanol–water partition coefficient (Wildman–Crippen LogP) is 0.606. The summed E-state index contributed by atoms with van der Waals surface area (Å²) >= 11 is 4.16. The second-order valence-corrected chi connectivity index (χ2v) is 6.46. The summed E-state index contributed by atoms with van der Waals surface area (Å²) in [6.45, 7) is 0.983. The molecule has 2 atom stereocenters. The van der Waals surface area contributed by atoms with Gasteiger partial charge in [-0.2, -0.15) is 12.6 Å². The van der Waals surface area contributed by atoms with Gasteiger partial charge < -0.3 is 22.1 Å². The van der Waals surface area contributed by atoms with Crippen LogP contribution in [0.25, 0.3) is 0 Å². The lowest BCUT2D eigenvalue weighted by atomic mass is 10.1. The first-order chi connectivity index (χ1) is 12.1. The van der Waals surface area contributed by atoms with Crippen molar-refractivity contribution in [1.82, 2.24) is 10.6 Å². The fourth-order valence-corrected chi connectivity index (χ4v) is 2.67. The van der Waals surface area contributed by atoms with E-state index in [1.807, 2.05) is 30.3 Å². The lowest BCUT2D eigenvalue weighted by molar-refractivity contribution is -0.128. The van der Waals surface area contributed by atoms with Crippen LogP contribution in [0.5, 0.6) is 0 Å². The van der Waals surface area contributed by atoms with Gasteiger partial charge in [-0.1, -0.05) is 36.8 Å². The van der Waals surface area contributed by atoms with E-state index in [1.54, 1.807) is 0 Å². The first kappa shape index (κ1) is 21.5. The van der Waals surface area contributed by atoms with Crippen molar-refractivity contribution in [1.29, 1.82) is 0 Å². The van der Waals surface area contributed by atoms with Gasteiger partial charge in [0.25, 0.3) is 0 Å². The predicted molar refractivity (Wildman–Crippen MR) is 104 cm³/mol. The normalized spacial score (nSPS) is 13.1. The molecular formula is C18H30N4O2S. The molecule has 6 N–H and O–H groups in total. The molecular weight excluding hydrogens is 336 g/mol. The molecule has 0 saturated heterocycles. The van der Waals surface area contributed by atoms with Crippen LogP contribution in [-0.2, 0) is 16.0 Å². The zero-order valence-corrected chi connectivity index (χ0v) is 15.5. The smallest absolute Gasteiger partial charge is 0.243 e. The van der Waals surface area contributed by atoms with E-state index in [2.05, 4.69) is 23.3 Å². The van der Waals surface area contributed by atoms with Crippen molar-refractivity contribution < 1.29 is 9.59 Å². The summed E-state index contributed by atoms with van der Waals surface area (Å²) in [6.07, 6.45) is 3.66. The zero-order valence-electron chi connectivity index (χ0n) is 14.6. The quantitative estimate of drug-likeness (QED) is 0.276. The minimum Gasteiger partial charge on any atom is -0.353 e. The molecule has 1 aromatic rings. The Hall–Kier alpha value is -1.57. The Bertz CT molecular complexity index is 513. The summed E-state index contributed by atoms with van der Waals surface area (Å²) in [5, 5.41) is 5.51. The largest absolute Gasteiger partial charge is 0.353 e. The Morgan fingerprint density at radius 1 is 1.12 bits per heavy atom. The van der Waals surface area contributed by atoms with Crippen molar-refractivity contribution in [3.8, 4) is 0 Å². The number of amides is 2. The number of nitrogens with two attached hydrogens (primary N) is 2. The van der Waals surface area contributed by atoms with E-state index in [-0.39, 0.29) is 23.6 Å².